The molecule has 3 amide bonds. The van der Waals surface area contributed by atoms with Crippen LogP contribution in [-0.2, 0) is 36.9 Å². The number of carbonyl (C=O) groups is 4. The Labute approximate surface area is 194 Å². The van der Waals surface area contributed by atoms with Gasteiger partial charge in [-0.2, -0.15) is 0 Å². The summed E-state index contributed by atoms with van der Waals surface area (Å²) in [6.07, 6.45) is 3.25. The van der Waals surface area contributed by atoms with Crippen LogP contribution in [0.3, 0.4) is 0 Å². The van der Waals surface area contributed by atoms with Crippen LogP contribution in [0.5, 0.6) is 0 Å². The molecule has 3 atom stereocenters. The molecule has 1 aliphatic heterocycles. The molecule has 0 radical (unpaired) electrons. The molecule has 9 nitrogen and oxygen atoms in total. The molecule has 0 aliphatic carbocycles. The van der Waals surface area contributed by atoms with Gasteiger partial charge in [0.05, 0.1) is 12.6 Å². The van der Waals surface area contributed by atoms with Crippen molar-refractivity contribution in [2.75, 3.05) is 6.61 Å². The van der Waals surface area contributed by atoms with Gasteiger partial charge in [0.25, 0.3) is 0 Å². The maximum absolute atomic E-state index is 13.3. The van der Waals surface area contributed by atoms with Crippen LogP contribution in [0.15, 0.2) is 36.4 Å². The molecule has 0 fully saturated rings. The minimum absolute atomic E-state index is 0.0203. The summed E-state index contributed by atoms with van der Waals surface area (Å²) >= 11 is 0. The van der Waals surface area contributed by atoms with Crippen molar-refractivity contribution >= 4 is 23.7 Å². The molecule has 0 spiro atoms. The Balaban J connectivity index is 2.27. The molecule has 1 aromatic carbocycles. The first-order valence-corrected chi connectivity index (χ1v) is 11.2. The molecule has 0 unspecified atom stereocenters. The van der Waals surface area contributed by atoms with Gasteiger partial charge in [-0.15, -0.1) is 0 Å². The Morgan fingerprint density at radius 1 is 1.21 bits per heavy atom. The summed E-state index contributed by atoms with van der Waals surface area (Å²) in [4.78, 5) is 51.0. The minimum atomic E-state index is -0.774. The SMILES string of the molecule is CCOC(=O)/C=C/[C@H](CCC(N)=O)NC(=O)[C@@H]1Cc2ccccc2CN1C(=O)[C@@H](N)C(C)C. The van der Waals surface area contributed by atoms with E-state index in [4.69, 9.17) is 16.2 Å². The van der Waals surface area contributed by atoms with E-state index in [0.717, 1.165) is 11.1 Å². The predicted molar refractivity (Wildman–Crippen MR) is 123 cm³/mol. The molecule has 0 saturated heterocycles. The molecule has 1 aromatic rings. The number of primary amides is 1. The van der Waals surface area contributed by atoms with Gasteiger partial charge in [-0.25, -0.2) is 4.79 Å². The highest BCUT2D eigenvalue weighted by Gasteiger charge is 2.37. The topological polar surface area (TPSA) is 145 Å². The number of nitrogens with one attached hydrogen (secondary N) is 1. The first-order chi connectivity index (χ1) is 15.6. The Bertz CT molecular complexity index is 899. The van der Waals surface area contributed by atoms with Gasteiger partial charge in [-0.05, 0) is 30.4 Å². The van der Waals surface area contributed by atoms with E-state index in [1.54, 1.807) is 6.92 Å². The van der Waals surface area contributed by atoms with Crippen molar-refractivity contribution in [2.45, 2.75) is 64.7 Å². The molecular weight excluding hydrogens is 424 g/mol. The minimum Gasteiger partial charge on any atom is -0.463 e. The highest BCUT2D eigenvalue weighted by atomic mass is 16.5. The van der Waals surface area contributed by atoms with Gasteiger partial charge in [0, 0.05) is 31.5 Å². The molecule has 9 heteroatoms. The summed E-state index contributed by atoms with van der Waals surface area (Å²) < 4.78 is 4.88. The lowest BCUT2D eigenvalue weighted by Gasteiger charge is -2.38. The molecule has 0 bridgehead atoms. The first kappa shape index (κ1) is 26.1. The zero-order valence-electron chi connectivity index (χ0n) is 19.5. The van der Waals surface area contributed by atoms with Gasteiger partial charge < -0.3 is 26.4 Å². The van der Waals surface area contributed by atoms with E-state index < -0.39 is 35.9 Å². The smallest absolute Gasteiger partial charge is 0.330 e. The van der Waals surface area contributed by atoms with Crippen LogP contribution in [0, 0.1) is 5.92 Å². The van der Waals surface area contributed by atoms with Crippen LogP contribution >= 0.6 is 0 Å². The van der Waals surface area contributed by atoms with Gasteiger partial charge in [-0.3, -0.25) is 14.4 Å². The summed E-state index contributed by atoms with van der Waals surface area (Å²) in [5.41, 5.74) is 13.3. The second-order valence-corrected chi connectivity index (χ2v) is 8.46. The van der Waals surface area contributed by atoms with Gasteiger partial charge >= 0.3 is 5.97 Å². The second kappa shape index (κ2) is 12.2. The van der Waals surface area contributed by atoms with Crippen LogP contribution in [-0.4, -0.2) is 53.3 Å². The summed E-state index contributed by atoms with van der Waals surface area (Å²) in [7, 11) is 0. The fourth-order valence-electron chi connectivity index (χ4n) is 3.64. The number of rotatable bonds is 10. The van der Waals surface area contributed by atoms with Crippen molar-refractivity contribution < 1.29 is 23.9 Å². The third-order valence-electron chi connectivity index (χ3n) is 5.62. The average molecular weight is 459 g/mol. The Morgan fingerprint density at radius 3 is 2.48 bits per heavy atom. The molecule has 5 N–H and O–H groups in total. The molecular formula is C24H34N4O5. The lowest BCUT2D eigenvalue weighted by atomic mass is 9.91. The highest BCUT2D eigenvalue weighted by Crippen LogP contribution is 2.25. The van der Waals surface area contributed by atoms with E-state index >= 15 is 0 Å². The number of esters is 1. The summed E-state index contributed by atoms with van der Waals surface area (Å²) in [6, 6.07) is 5.51. The number of amides is 3. The van der Waals surface area contributed by atoms with Gasteiger partial charge in [0.2, 0.25) is 17.7 Å². The molecule has 180 valence electrons. The number of ether oxygens (including phenoxy) is 1. The highest BCUT2D eigenvalue weighted by molar-refractivity contribution is 5.91. The zero-order valence-corrected chi connectivity index (χ0v) is 19.5. The van der Waals surface area contributed by atoms with E-state index in [0.29, 0.717) is 6.42 Å². The Kier molecular flexibility index (Phi) is 9.59. The molecule has 1 heterocycles. The van der Waals surface area contributed by atoms with Crippen molar-refractivity contribution in [3.8, 4) is 0 Å². The summed E-state index contributed by atoms with van der Waals surface area (Å²) in [6.45, 7) is 5.89. The number of nitrogens with two attached hydrogens (primary N) is 2. The number of nitrogens with zero attached hydrogens (tertiary/aromatic N) is 1. The lowest BCUT2D eigenvalue weighted by molar-refractivity contribution is -0.143. The predicted octanol–water partition coefficient (Wildman–Crippen LogP) is 0.793. The molecule has 0 saturated carbocycles. The maximum Gasteiger partial charge on any atom is 0.330 e. The van der Waals surface area contributed by atoms with Gasteiger partial charge in [-0.1, -0.05) is 44.2 Å². The quantitative estimate of drug-likeness (QED) is 0.349. The Morgan fingerprint density at radius 2 is 1.88 bits per heavy atom. The normalized spacial score (nSPS) is 17.4. The van der Waals surface area contributed by atoms with Crippen molar-refractivity contribution in [1.29, 1.82) is 0 Å². The maximum atomic E-state index is 13.3. The molecule has 33 heavy (non-hydrogen) atoms. The standard InChI is InChI=1S/C24H34N4O5/c1-4-33-21(30)12-10-18(9-11-20(25)29)27-23(31)19-13-16-7-5-6-8-17(16)14-28(19)24(32)22(26)15(2)3/h5-8,10,12,15,18-19,22H,4,9,11,13-14,26H2,1-3H3,(H2,25,29)(H,27,31)/b12-10+/t18-,19-,22-/m0/s1. The van der Waals surface area contributed by atoms with Crippen LogP contribution in [0.2, 0.25) is 0 Å². The fraction of sp³-hybridized carbons (Fsp3) is 0.500. The third kappa shape index (κ3) is 7.42. The van der Waals surface area contributed by atoms with Gasteiger partial charge in [0.1, 0.15) is 6.04 Å². The Hall–Kier alpha value is -3.20. The van der Waals surface area contributed by atoms with Gasteiger partial charge in [0.15, 0.2) is 0 Å². The molecule has 1 aliphatic rings. The molecule has 0 aromatic heterocycles. The van der Waals surface area contributed by atoms with E-state index in [2.05, 4.69) is 5.32 Å². The monoisotopic (exact) mass is 458 g/mol. The largest absolute Gasteiger partial charge is 0.463 e. The number of hydrogen-bond donors (Lipinski definition) is 3. The van der Waals surface area contributed by atoms with Crippen LogP contribution in [0.4, 0.5) is 0 Å². The van der Waals surface area contributed by atoms with Crippen molar-refractivity contribution in [3.05, 3.63) is 47.5 Å². The zero-order chi connectivity index (χ0) is 24.5. The number of fused-ring (bicyclic) bond motifs is 1. The number of carbonyl (C=O) groups excluding carboxylic acids is 4. The average Bonchev–Trinajstić information content (AvgIpc) is 2.78. The fourth-order valence-corrected chi connectivity index (χ4v) is 3.64. The van der Waals surface area contributed by atoms with Crippen molar-refractivity contribution in [1.82, 2.24) is 10.2 Å². The van der Waals surface area contributed by atoms with Crippen LogP contribution in [0.25, 0.3) is 0 Å². The second-order valence-electron chi connectivity index (χ2n) is 8.46. The molecule has 2 rings (SSSR count). The van der Waals surface area contributed by atoms with Crippen LogP contribution in [0.1, 0.15) is 44.7 Å². The van der Waals surface area contributed by atoms with Crippen LogP contribution < -0.4 is 16.8 Å². The van der Waals surface area contributed by atoms with E-state index in [9.17, 15) is 19.2 Å². The van der Waals surface area contributed by atoms with Crippen molar-refractivity contribution in [2.24, 2.45) is 17.4 Å². The number of hydrogen-bond acceptors (Lipinski definition) is 6. The van der Waals surface area contributed by atoms with E-state index in [1.165, 1.54) is 17.1 Å². The lowest BCUT2D eigenvalue weighted by Crippen LogP contribution is -2.58. The third-order valence-corrected chi connectivity index (χ3v) is 5.62. The van der Waals surface area contributed by atoms with E-state index in [-0.39, 0.29) is 37.8 Å². The summed E-state index contributed by atoms with van der Waals surface area (Å²) in [5.74, 6) is -1.85. The number of benzene rings is 1. The van der Waals surface area contributed by atoms with E-state index in [1.807, 2.05) is 38.1 Å². The van der Waals surface area contributed by atoms with Crippen molar-refractivity contribution in [3.63, 3.8) is 0 Å². The first-order valence-electron chi connectivity index (χ1n) is 11.2. The summed E-state index contributed by atoms with van der Waals surface area (Å²) in [5, 5.41) is 2.85.